The molecular weight excluding hydrogens is 274 g/mol. The van der Waals surface area contributed by atoms with E-state index in [1.54, 1.807) is 11.0 Å². The van der Waals surface area contributed by atoms with Crippen molar-refractivity contribution in [3.05, 3.63) is 35.9 Å². The van der Waals surface area contributed by atoms with E-state index in [1.165, 1.54) is 6.33 Å². The first kappa shape index (κ1) is 14.8. The van der Waals surface area contributed by atoms with Crippen molar-refractivity contribution in [3.8, 4) is 5.69 Å². The van der Waals surface area contributed by atoms with E-state index < -0.39 is 0 Å². The maximum Gasteiger partial charge on any atom is 0.138 e. The van der Waals surface area contributed by atoms with Gasteiger partial charge in [-0.25, -0.2) is 9.67 Å². The third kappa shape index (κ3) is 3.95. The third-order valence-electron chi connectivity index (χ3n) is 2.73. The summed E-state index contributed by atoms with van der Waals surface area (Å²) in [7, 11) is 0. The summed E-state index contributed by atoms with van der Waals surface area (Å²) in [5, 5.41) is 11.6. The summed E-state index contributed by atoms with van der Waals surface area (Å²) in [6.45, 7) is 8.11. The number of hydrogen-bond donors (Lipinski definition) is 2. The van der Waals surface area contributed by atoms with Gasteiger partial charge in [-0.1, -0.05) is 17.7 Å². The Morgan fingerprint density at radius 2 is 2.05 bits per heavy atom. The van der Waals surface area contributed by atoms with E-state index in [2.05, 4.69) is 41.5 Å². The number of anilines is 1. The Balaban J connectivity index is 2.07. The first-order valence-electron chi connectivity index (χ1n) is 6.60. The van der Waals surface area contributed by atoms with E-state index in [4.69, 9.17) is 11.6 Å². The molecule has 0 atom stereocenters. The van der Waals surface area contributed by atoms with E-state index in [9.17, 15) is 0 Å². The smallest absolute Gasteiger partial charge is 0.138 e. The highest BCUT2D eigenvalue weighted by Gasteiger charge is 2.11. The summed E-state index contributed by atoms with van der Waals surface area (Å²) < 4.78 is 1.67. The Kier molecular flexibility index (Phi) is 4.62. The van der Waals surface area contributed by atoms with E-state index in [-0.39, 0.29) is 5.54 Å². The van der Waals surface area contributed by atoms with E-state index >= 15 is 0 Å². The number of halogens is 1. The lowest BCUT2D eigenvalue weighted by Gasteiger charge is -2.21. The van der Waals surface area contributed by atoms with E-state index in [0.717, 1.165) is 24.5 Å². The number of rotatable bonds is 5. The van der Waals surface area contributed by atoms with Crippen LogP contribution in [-0.2, 0) is 0 Å². The molecule has 0 aliphatic heterocycles. The average Bonchev–Trinajstić information content (AvgIpc) is 2.87. The van der Waals surface area contributed by atoms with Crippen LogP contribution in [0.4, 0.5) is 5.69 Å². The van der Waals surface area contributed by atoms with Crippen LogP contribution in [0.25, 0.3) is 5.69 Å². The van der Waals surface area contributed by atoms with Crippen molar-refractivity contribution in [3.63, 3.8) is 0 Å². The van der Waals surface area contributed by atoms with Crippen LogP contribution in [0.5, 0.6) is 0 Å². The van der Waals surface area contributed by atoms with Crippen LogP contribution in [0, 0.1) is 0 Å². The lowest BCUT2D eigenvalue weighted by molar-refractivity contribution is 0.435. The first-order chi connectivity index (χ1) is 9.47. The van der Waals surface area contributed by atoms with Crippen LogP contribution in [-0.4, -0.2) is 33.4 Å². The Morgan fingerprint density at radius 1 is 1.25 bits per heavy atom. The summed E-state index contributed by atoms with van der Waals surface area (Å²) in [6.07, 6.45) is 3.13. The zero-order chi connectivity index (χ0) is 14.6. The highest BCUT2D eigenvalue weighted by Crippen LogP contribution is 2.27. The number of aromatic nitrogens is 3. The van der Waals surface area contributed by atoms with Crippen LogP contribution in [0.3, 0.4) is 0 Å². The van der Waals surface area contributed by atoms with Crippen LogP contribution < -0.4 is 10.6 Å². The molecule has 0 saturated carbocycles. The molecule has 0 bridgehead atoms. The summed E-state index contributed by atoms with van der Waals surface area (Å²) in [4.78, 5) is 3.96. The molecule has 0 amide bonds. The lowest BCUT2D eigenvalue weighted by atomic mass is 10.1. The minimum Gasteiger partial charge on any atom is -0.382 e. The molecule has 2 rings (SSSR count). The van der Waals surface area contributed by atoms with Gasteiger partial charge in [0.2, 0.25) is 0 Å². The van der Waals surface area contributed by atoms with Crippen molar-refractivity contribution in [1.82, 2.24) is 20.1 Å². The van der Waals surface area contributed by atoms with Crippen molar-refractivity contribution in [1.29, 1.82) is 0 Å². The van der Waals surface area contributed by atoms with Gasteiger partial charge < -0.3 is 10.6 Å². The quantitative estimate of drug-likeness (QED) is 0.832. The molecule has 5 nitrogen and oxygen atoms in total. The molecule has 1 heterocycles. The first-order valence-corrected chi connectivity index (χ1v) is 6.97. The van der Waals surface area contributed by atoms with Gasteiger partial charge in [-0.15, -0.1) is 0 Å². The largest absolute Gasteiger partial charge is 0.382 e. The number of benzene rings is 1. The molecular formula is C14H20ClN5. The summed E-state index contributed by atoms with van der Waals surface area (Å²) in [6, 6.07) is 5.75. The van der Waals surface area contributed by atoms with Gasteiger partial charge >= 0.3 is 0 Å². The second kappa shape index (κ2) is 6.24. The molecule has 0 aliphatic carbocycles. The van der Waals surface area contributed by atoms with Gasteiger partial charge in [-0.2, -0.15) is 5.10 Å². The SMILES string of the molecule is CC(C)(C)NCCNc1cccc(Cl)c1-n1cncn1. The third-order valence-corrected chi connectivity index (χ3v) is 3.04. The molecule has 0 fully saturated rings. The zero-order valence-electron chi connectivity index (χ0n) is 12.0. The van der Waals surface area contributed by atoms with Crippen LogP contribution in [0.2, 0.25) is 5.02 Å². The second-order valence-electron chi connectivity index (χ2n) is 5.58. The van der Waals surface area contributed by atoms with Crippen molar-refractivity contribution in [2.24, 2.45) is 0 Å². The molecule has 0 saturated heterocycles. The molecule has 0 spiro atoms. The number of nitrogens with zero attached hydrogens (tertiary/aromatic N) is 3. The fourth-order valence-corrected chi connectivity index (χ4v) is 2.11. The molecule has 1 aromatic heterocycles. The monoisotopic (exact) mass is 293 g/mol. The predicted octanol–water partition coefficient (Wildman–Crippen LogP) is 2.72. The summed E-state index contributed by atoms with van der Waals surface area (Å²) in [5.74, 6) is 0. The molecule has 20 heavy (non-hydrogen) atoms. The molecule has 0 radical (unpaired) electrons. The Hall–Kier alpha value is -1.59. The van der Waals surface area contributed by atoms with Gasteiger partial charge in [0.25, 0.3) is 0 Å². The number of nitrogens with one attached hydrogen (secondary N) is 2. The topological polar surface area (TPSA) is 54.8 Å². The van der Waals surface area contributed by atoms with E-state index in [1.807, 2.05) is 18.2 Å². The minimum atomic E-state index is 0.116. The lowest BCUT2D eigenvalue weighted by Crippen LogP contribution is -2.38. The van der Waals surface area contributed by atoms with Gasteiger partial charge in [0.05, 0.1) is 10.7 Å². The Labute approximate surface area is 124 Å². The molecule has 0 aliphatic rings. The average molecular weight is 294 g/mol. The Morgan fingerprint density at radius 3 is 2.70 bits per heavy atom. The molecule has 2 aromatic rings. The van der Waals surface area contributed by atoms with Crippen molar-refractivity contribution >= 4 is 17.3 Å². The fraction of sp³-hybridized carbons (Fsp3) is 0.429. The zero-order valence-corrected chi connectivity index (χ0v) is 12.8. The number of para-hydroxylation sites is 1. The van der Waals surface area contributed by atoms with Crippen LogP contribution >= 0.6 is 11.6 Å². The maximum atomic E-state index is 6.26. The molecule has 108 valence electrons. The molecule has 2 N–H and O–H groups in total. The summed E-state index contributed by atoms with van der Waals surface area (Å²) >= 11 is 6.26. The molecule has 1 aromatic carbocycles. The van der Waals surface area contributed by atoms with Crippen molar-refractivity contribution in [2.45, 2.75) is 26.3 Å². The predicted molar refractivity (Wildman–Crippen MR) is 82.6 cm³/mol. The standard InChI is InChI=1S/C14H20ClN5/c1-14(2,3)18-8-7-17-12-6-4-5-11(15)13(12)20-10-16-9-19-20/h4-6,9-10,17-18H,7-8H2,1-3H3. The minimum absolute atomic E-state index is 0.116. The normalized spacial score (nSPS) is 11.6. The summed E-state index contributed by atoms with van der Waals surface area (Å²) in [5.41, 5.74) is 1.88. The Bertz CT molecular complexity index is 545. The highest BCUT2D eigenvalue weighted by atomic mass is 35.5. The number of hydrogen-bond acceptors (Lipinski definition) is 4. The maximum absolute atomic E-state index is 6.26. The molecule has 0 unspecified atom stereocenters. The molecule has 6 heteroatoms. The van der Waals surface area contributed by atoms with Gasteiger partial charge in [-0.3, -0.25) is 0 Å². The van der Waals surface area contributed by atoms with Crippen molar-refractivity contribution < 1.29 is 0 Å². The van der Waals surface area contributed by atoms with E-state index in [0.29, 0.717) is 5.02 Å². The highest BCUT2D eigenvalue weighted by molar-refractivity contribution is 6.33. The van der Waals surface area contributed by atoms with Gasteiger partial charge in [-0.05, 0) is 32.9 Å². The fourth-order valence-electron chi connectivity index (χ4n) is 1.85. The van der Waals surface area contributed by atoms with Gasteiger partial charge in [0.1, 0.15) is 18.3 Å². The second-order valence-corrected chi connectivity index (χ2v) is 5.99. The van der Waals surface area contributed by atoms with Crippen LogP contribution in [0.15, 0.2) is 30.9 Å². The van der Waals surface area contributed by atoms with Gasteiger partial charge in [0, 0.05) is 18.6 Å². The van der Waals surface area contributed by atoms with Crippen molar-refractivity contribution in [2.75, 3.05) is 18.4 Å². The van der Waals surface area contributed by atoms with Crippen LogP contribution in [0.1, 0.15) is 20.8 Å². The van der Waals surface area contributed by atoms with Gasteiger partial charge in [0.15, 0.2) is 0 Å².